The van der Waals surface area contributed by atoms with Crippen LogP contribution in [0.1, 0.15) is 17.7 Å². The predicted molar refractivity (Wildman–Crippen MR) is 163 cm³/mol. The molecular weight excluding hydrogens is 662 g/mol. The summed E-state index contributed by atoms with van der Waals surface area (Å²) in [6.07, 6.45) is 1.58. The van der Waals surface area contributed by atoms with Crippen molar-refractivity contribution in [3.05, 3.63) is 53.6 Å². The van der Waals surface area contributed by atoms with Crippen LogP contribution < -0.4 is 26.4 Å². The van der Waals surface area contributed by atoms with Crippen molar-refractivity contribution in [1.82, 2.24) is 40.0 Å². The minimum atomic E-state index is -4.98. The van der Waals surface area contributed by atoms with E-state index in [0.717, 1.165) is 37.2 Å². The zero-order valence-corrected chi connectivity index (χ0v) is 25.8. The molecule has 4 heterocycles. The summed E-state index contributed by atoms with van der Waals surface area (Å²) in [4.78, 5) is 50.9. The fourth-order valence-corrected chi connectivity index (χ4v) is 6.11. The second kappa shape index (κ2) is 14.1. The highest BCUT2D eigenvalue weighted by molar-refractivity contribution is 7.84. The van der Waals surface area contributed by atoms with Gasteiger partial charge in [0.05, 0.1) is 12.6 Å². The van der Waals surface area contributed by atoms with E-state index in [-0.39, 0.29) is 39.3 Å². The van der Waals surface area contributed by atoms with E-state index in [1.54, 1.807) is 24.3 Å². The van der Waals surface area contributed by atoms with Gasteiger partial charge in [-0.2, -0.15) is 13.5 Å². The molecule has 4 atom stereocenters. The van der Waals surface area contributed by atoms with Crippen LogP contribution in [-0.2, 0) is 36.1 Å². The van der Waals surface area contributed by atoms with Gasteiger partial charge in [-0.05, 0) is 37.2 Å². The van der Waals surface area contributed by atoms with Crippen LogP contribution in [0.15, 0.2) is 47.5 Å². The number of aromatic nitrogens is 4. The Morgan fingerprint density at radius 3 is 2.64 bits per heavy atom. The molecule has 22 heteroatoms. The average Bonchev–Trinajstić information content (AvgIpc) is 3.81. The maximum atomic E-state index is 13.3. The number of carboxylic acids is 1. The van der Waals surface area contributed by atoms with Gasteiger partial charge in [0.25, 0.3) is 17.9 Å². The van der Waals surface area contributed by atoms with E-state index in [2.05, 4.69) is 36.2 Å². The molecule has 0 spiro atoms. The van der Waals surface area contributed by atoms with Crippen LogP contribution in [0.4, 0.5) is 5.13 Å². The summed E-state index contributed by atoms with van der Waals surface area (Å²) in [6, 6.07) is 3.77. The summed E-state index contributed by atoms with van der Waals surface area (Å²) >= 11 is 0.937. The van der Waals surface area contributed by atoms with Crippen molar-refractivity contribution in [3.8, 4) is 5.75 Å². The Bertz CT molecular complexity index is 1760. The number of hydrogen-bond acceptors (Lipinski definition) is 15. The molecular formula is C25H29N11O9S2. The number of nitrogens with two attached hydrogens (primary N) is 1. The lowest BCUT2D eigenvalue weighted by Gasteiger charge is -2.43. The molecule has 1 unspecified atom stereocenters. The molecule has 0 saturated carbocycles. The van der Waals surface area contributed by atoms with E-state index < -0.39 is 58.6 Å². The number of nitrogen functional groups attached to an aromatic ring is 1. The molecule has 0 aliphatic carbocycles. The maximum absolute atomic E-state index is 13.3. The van der Waals surface area contributed by atoms with E-state index in [1.165, 1.54) is 16.4 Å². The largest absolute Gasteiger partial charge is 0.489 e. The monoisotopic (exact) mass is 691 g/mol. The number of carbonyl (C=O) groups excluding carboxylic acids is 2. The van der Waals surface area contributed by atoms with Gasteiger partial charge < -0.3 is 36.4 Å². The van der Waals surface area contributed by atoms with Gasteiger partial charge in [0, 0.05) is 23.5 Å². The number of carbonyl (C=O) groups is 3. The lowest BCUT2D eigenvalue weighted by Crippen LogP contribution is -2.73. The molecule has 2 amide bonds. The fraction of sp³-hybridized carbons (Fsp3) is 0.360. The fourth-order valence-electron chi connectivity index (χ4n) is 4.69. The number of β-lactam (4-membered cyclic amide) rings is 1. The Labute approximate surface area is 270 Å². The van der Waals surface area contributed by atoms with Crippen molar-refractivity contribution in [2.75, 3.05) is 25.4 Å². The van der Waals surface area contributed by atoms with Crippen molar-refractivity contribution in [2.24, 2.45) is 5.16 Å². The standard InChI is InChI=1S/C25H29N11O9S2/c26-21(31-14-5-6-28-7-14)13-1-3-15(4-2-13)44-9-18(24(39)40)45-34-19(16-10-46-25(27)32-16)22(37)33-20-17(8-35-12-29-11-30-35)36(23(20)38)47(41,42)43/h1-4,10-12,14,17-18,20,28H,5-9H2,(H2,26,31)(H2,27,32)(H,33,37)(H,39,40)(H,41,42,43)/b34-19-/t14-,17+,18?,20-/m0/s1. The van der Waals surface area contributed by atoms with Gasteiger partial charge in [0.2, 0.25) is 0 Å². The molecule has 47 heavy (non-hydrogen) atoms. The molecule has 5 rings (SSSR count). The number of ether oxygens (including phenoxy) is 1. The number of oxime groups is 1. The molecule has 2 aliphatic rings. The van der Waals surface area contributed by atoms with Crippen LogP contribution in [-0.4, -0.2) is 115 Å². The summed E-state index contributed by atoms with van der Waals surface area (Å²) in [5.41, 5.74) is 5.61. The molecule has 2 aromatic heterocycles. The number of carboxylic acid groups (broad SMARTS) is 1. The summed E-state index contributed by atoms with van der Waals surface area (Å²) in [6.45, 7) is 0.829. The third-order valence-corrected chi connectivity index (χ3v) is 8.65. The Hall–Kier alpha value is -5.19. The van der Waals surface area contributed by atoms with Gasteiger partial charge >= 0.3 is 16.3 Å². The summed E-state index contributed by atoms with van der Waals surface area (Å²) in [5, 5.41) is 35.6. The summed E-state index contributed by atoms with van der Waals surface area (Å²) in [7, 11) is -4.98. The molecule has 2 saturated heterocycles. The predicted octanol–water partition coefficient (Wildman–Crippen LogP) is -1.95. The van der Waals surface area contributed by atoms with Gasteiger partial charge in [0.15, 0.2) is 10.8 Å². The van der Waals surface area contributed by atoms with Crippen LogP contribution in [0.2, 0.25) is 0 Å². The molecule has 2 aliphatic heterocycles. The number of hydrogen-bond donors (Lipinski definition) is 7. The molecule has 0 radical (unpaired) electrons. The van der Waals surface area contributed by atoms with E-state index in [1.807, 2.05) is 0 Å². The first-order chi connectivity index (χ1) is 22.4. The van der Waals surface area contributed by atoms with Crippen molar-refractivity contribution >= 4 is 56.1 Å². The third kappa shape index (κ3) is 7.97. The van der Waals surface area contributed by atoms with E-state index in [0.29, 0.717) is 5.56 Å². The Balaban J connectivity index is 1.27. The van der Waals surface area contributed by atoms with Crippen molar-refractivity contribution in [3.63, 3.8) is 0 Å². The number of nitrogens with zero attached hydrogens (tertiary/aromatic N) is 6. The van der Waals surface area contributed by atoms with Gasteiger partial charge in [-0.1, -0.05) is 5.16 Å². The quantitative estimate of drug-likeness (QED) is 0.0318. The second-order valence-corrected chi connectivity index (χ2v) is 12.4. The lowest BCUT2D eigenvalue weighted by molar-refractivity contribution is -0.152. The minimum Gasteiger partial charge on any atom is -0.489 e. The molecule has 20 nitrogen and oxygen atoms in total. The first kappa shape index (κ1) is 33.2. The summed E-state index contributed by atoms with van der Waals surface area (Å²) < 4.78 is 40.1. The average molecular weight is 692 g/mol. The van der Waals surface area contributed by atoms with Crippen LogP contribution >= 0.6 is 11.3 Å². The van der Waals surface area contributed by atoms with Crippen molar-refractivity contribution in [1.29, 1.82) is 5.41 Å². The highest BCUT2D eigenvalue weighted by Gasteiger charge is 2.54. The smallest absolute Gasteiger partial charge is 0.362 e. The van der Waals surface area contributed by atoms with E-state index >= 15 is 0 Å². The van der Waals surface area contributed by atoms with Crippen molar-refractivity contribution in [2.45, 2.75) is 37.2 Å². The zero-order chi connectivity index (χ0) is 33.7. The maximum Gasteiger partial charge on any atom is 0.362 e. The minimum absolute atomic E-state index is 0.0339. The molecule has 250 valence electrons. The Kier molecular flexibility index (Phi) is 9.93. The Morgan fingerprint density at radius 2 is 2.04 bits per heavy atom. The number of amides is 2. The third-order valence-electron chi connectivity index (χ3n) is 7.02. The highest BCUT2D eigenvalue weighted by Crippen LogP contribution is 2.25. The SMILES string of the molecule is N=C(N[C@H]1CCNC1)c1ccc(OCC(O/N=C(\C(=O)N[C@@H]2C(=O)N(S(=O)(=O)O)[C@@H]2Cn2cncn2)c2csc(N)n2)C(=O)O)cc1. The zero-order valence-electron chi connectivity index (χ0n) is 24.2. The normalized spacial score (nSPS) is 20.3. The first-order valence-electron chi connectivity index (χ1n) is 13.8. The van der Waals surface area contributed by atoms with E-state index in [9.17, 15) is 32.5 Å². The van der Waals surface area contributed by atoms with Crippen LogP contribution in [0.25, 0.3) is 0 Å². The van der Waals surface area contributed by atoms with Gasteiger partial charge in [-0.25, -0.2) is 19.1 Å². The number of aliphatic carboxylic acids is 1. The number of nitrogens with one attached hydrogen (secondary N) is 4. The molecule has 2 fully saturated rings. The highest BCUT2D eigenvalue weighted by atomic mass is 32.2. The van der Waals surface area contributed by atoms with Gasteiger partial charge in [-0.3, -0.25) is 24.2 Å². The number of anilines is 1. The first-order valence-corrected chi connectivity index (χ1v) is 16.1. The lowest BCUT2D eigenvalue weighted by atomic mass is 9.98. The number of rotatable bonds is 14. The molecule has 8 N–H and O–H groups in total. The van der Waals surface area contributed by atoms with Crippen molar-refractivity contribution < 1.29 is 42.0 Å². The number of benzene rings is 1. The van der Waals surface area contributed by atoms with Gasteiger partial charge in [-0.15, -0.1) is 11.3 Å². The topological polar surface area (TPSA) is 289 Å². The van der Waals surface area contributed by atoms with Crippen LogP contribution in [0, 0.1) is 5.41 Å². The van der Waals surface area contributed by atoms with Gasteiger partial charge in [0.1, 0.15) is 42.6 Å². The van der Waals surface area contributed by atoms with Crippen LogP contribution in [0.5, 0.6) is 5.75 Å². The Morgan fingerprint density at radius 1 is 1.28 bits per heavy atom. The molecule has 1 aromatic carbocycles. The number of amidine groups is 1. The van der Waals surface area contributed by atoms with Crippen LogP contribution in [0.3, 0.4) is 0 Å². The molecule has 3 aromatic rings. The van der Waals surface area contributed by atoms with E-state index in [4.69, 9.17) is 20.7 Å². The molecule has 0 bridgehead atoms. The number of thiazole rings is 1. The summed E-state index contributed by atoms with van der Waals surface area (Å²) in [5.74, 6) is -3.20. The second-order valence-electron chi connectivity index (χ2n) is 10.2.